The van der Waals surface area contributed by atoms with E-state index in [9.17, 15) is 4.79 Å². The Labute approximate surface area is 112 Å². The molecular formula is C12H11BrN2OS. The quantitative estimate of drug-likeness (QED) is 0.938. The molecule has 0 aliphatic carbocycles. The SMILES string of the molecule is CCc1ccc(C(=O)Nc2ncc(Br)s2)cc1. The maximum absolute atomic E-state index is 11.9. The maximum Gasteiger partial charge on any atom is 0.257 e. The molecule has 0 saturated carbocycles. The Morgan fingerprint density at radius 3 is 2.65 bits per heavy atom. The van der Waals surface area contributed by atoms with Crippen molar-refractivity contribution in [1.29, 1.82) is 0 Å². The number of hydrogen-bond acceptors (Lipinski definition) is 3. The lowest BCUT2D eigenvalue weighted by Crippen LogP contribution is -2.11. The summed E-state index contributed by atoms with van der Waals surface area (Å²) < 4.78 is 0.897. The van der Waals surface area contributed by atoms with Crippen LogP contribution in [0.25, 0.3) is 0 Å². The minimum Gasteiger partial charge on any atom is -0.298 e. The van der Waals surface area contributed by atoms with Crippen LogP contribution in [0.5, 0.6) is 0 Å². The fourth-order valence-electron chi connectivity index (χ4n) is 1.37. The second-order valence-corrected chi connectivity index (χ2v) is 5.88. The molecule has 3 nitrogen and oxygen atoms in total. The lowest BCUT2D eigenvalue weighted by molar-refractivity contribution is 0.102. The minimum absolute atomic E-state index is 0.130. The third-order valence-electron chi connectivity index (χ3n) is 2.32. The zero-order valence-corrected chi connectivity index (χ0v) is 11.6. The van der Waals surface area contributed by atoms with Crippen molar-refractivity contribution in [3.63, 3.8) is 0 Å². The molecule has 0 fully saturated rings. The second kappa shape index (κ2) is 5.42. The molecule has 0 radical (unpaired) electrons. The van der Waals surface area contributed by atoms with Crippen molar-refractivity contribution in [3.8, 4) is 0 Å². The van der Waals surface area contributed by atoms with Crippen molar-refractivity contribution in [1.82, 2.24) is 4.98 Å². The summed E-state index contributed by atoms with van der Waals surface area (Å²) in [5, 5.41) is 3.35. The van der Waals surface area contributed by atoms with Gasteiger partial charge in [-0.2, -0.15) is 0 Å². The molecule has 1 aromatic heterocycles. The third-order valence-corrected chi connectivity index (χ3v) is 3.71. The van der Waals surface area contributed by atoms with Crippen LogP contribution in [0.3, 0.4) is 0 Å². The number of rotatable bonds is 3. The summed E-state index contributed by atoms with van der Waals surface area (Å²) in [7, 11) is 0. The predicted octanol–water partition coefficient (Wildman–Crippen LogP) is 3.72. The van der Waals surface area contributed by atoms with Gasteiger partial charge in [0, 0.05) is 5.56 Å². The number of carbonyl (C=O) groups excluding carboxylic acids is 1. The van der Waals surface area contributed by atoms with E-state index in [4.69, 9.17) is 0 Å². The number of hydrogen-bond donors (Lipinski definition) is 1. The van der Waals surface area contributed by atoms with E-state index in [2.05, 4.69) is 33.2 Å². The van der Waals surface area contributed by atoms with Crippen molar-refractivity contribution in [2.45, 2.75) is 13.3 Å². The second-order valence-electron chi connectivity index (χ2n) is 3.47. The van der Waals surface area contributed by atoms with Crippen LogP contribution in [-0.4, -0.2) is 10.9 Å². The molecule has 0 saturated heterocycles. The van der Waals surface area contributed by atoms with E-state index in [-0.39, 0.29) is 5.91 Å². The molecule has 2 rings (SSSR count). The predicted molar refractivity (Wildman–Crippen MR) is 73.6 cm³/mol. The Morgan fingerprint density at radius 2 is 2.12 bits per heavy atom. The van der Waals surface area contributed by atoms with Crippen LogP contribution in [0.1, 0.15) is 22.8 Å². The summed E-state index contributed by atoms with van der Waals surface area (Å²) in [4.78, 5) is 15.9. The average molecular weight is 311 g/mol. The molecule has 1 aromatic carbocycles. The first kappa shape index (κ1) is 12.3. The first-order valence-electron chi connectivity index (χ1n) is 5.20. The van der Waals surface area contributed by atoms with E-state index >= 15 is 0 Å². The van der Waals surface area contributed by atoms with Gasteiger partial charge in [0.05, 0.1) is 9.98 Å². The summed E-state index contributed by atoms with van der Waals surface area (Å²) in [6.45, 7) is 2.09. The van der Waals surface area contributed by atoms with Gasteiger partial charge in [0.15, 0.2) is 5.13 Å². The zero-order valence-electron chi connectivity index (χ0n) is 9.24. The van der Waals surface area contributed by atoms with Crippen LogP contribution in [0.2, 0.25) is 0 Å². The number of thiazole rings is 1. The standard InChI is InChI=1S/C12H11BrN2OS/c1-2-8-3-5-9(6-4-8)11(16)15-12-14-7-10(13)17-12/h3-7H,2H2,1H3,(H,14,15,16). The number of carbonyl (C=O) groups is 1. The lowest BCUT2D eigenvalue weighted by Gasteiger charge is -2.02. The molecule has 17 heavy (non-hydrogen) atoms. The molecule has 88 valence electrons. The van der Waals surface area contributed by atoms with Crippen LogP contribution in [0.4, 0.5) is 5.13 Å². The van der Waals surface area contributed by atoms with Gasteiger partial charge in [-0.15, -0.1) is 0 Å². The van der Waals surface area contributed by atoms with Crippen LogP contribution in [0, 0.1) is 0 Å². The van der Waals surface area contributed by atoms with Gasteiger partial charge in [0.1, 0.15) is 0 Å². The van der Waals surface area contributed by atoms with Crippen LogP contribution in [0.15, 0.2) is 34.2 Å². The van der Waals surface area contributed by atoms with Crippen LogP contribution >= 0.6 is 27.3 Å². The number of anilines is 1. The molecule has 2 aromatic rings. The smallest absolute Gasteiger partial charge is 0.257 e. The Bertz CT molecular complexity index is 522. The summed E-state index contributed by atoms with van der Waals surface area (Å²) >= 11 is 4.69. The van der Waals surface area contributed by atoms with Crippen molar-refractivity contribution in [3.05, 3.63) is 45.4 Å². The highest BCUT2D eigenvalue weighted by Crippen LogP contribution is 2.23. The third kappa shape index (κ3) is 3.14. The monoisotopic (exact) mass is 310 g/mol. The van der Waals surface area contributed by atoms with Gasteiger partial charge in [0.25, 0.3) is 5.91 Å². The number of aryl methyl sites for hydroxylation is 1. The zero-order chi connectivity index (χ0) is 12.3. The summed E-state index contributed by atoms with van der Waals surface area (Å²) in [5.74, 6) is -0.130. The topological polar surface area (TPSA) is 42.0 Å². The number of nitrogens with one attached hydrogen (secondary N) is 1. The molecule has 1 heterocycles. The molecule has 0 aliphatic rings. The Hall–Kier alpha value is -1.20. The molecule has 0 spiro atoms. The molecule has 1 amide bonds. The van der Waals surface area contributed by atoms with E-state index in [0.717, 1.165) is 10.2 Å². The van der Waals surface area contributed by atoms with E-state index in [1.807, 2.05) is 24.3 Å². The number of aromatic nitrogens is 1. The number of benzene rings is 1. The van der Waals surface area contributed by atoms with Crippen molar-refractivity contribution in [2.24, 2.45) is 0 Å². The van der Waals surface area contributed by atoms with Gasteiger partial charge in [-0.1, -0.05) is 30.4 Å². The fraction of sp³-hybridized carbons (Fsp3) is 0.167. The maximum atomic E-state index is 11.9. The molecule has 5 heteroatoms. The molecule has 0 aliphatic heterocycles. The van der Waals surface area contributed by atoms with Crippen LogP contribution < -0.4 is 5.32 Å². The van der Waals surface area contributed by atoms with Crippen LogP contribution in [-0.2, 0) is 6.42 Å². The highest BCUT2D eigenvalue weighted by atomic mass is 79.9. The minimum atomic E-state index is -0.130. The largest absolute Gasteiger partial charge is 0.298 e. The molecule has 0 bridgehead atoms. The Morgan fingerprint density at radius 1 is 1.41 bits per heavy atom. The fourth-order valence-corrected chi connectivity index (χ4v) is 2.47. The van der Waals surface area contributed by atoms with E-state index in [0.29, 0.717) is 10.7 Å². The van der Waals surface area contributed by atoms with Gasteiger partial charge in [-0.05, 0) is 40.0 Å². The van der Waals surface area contributed by atoms with Gasteiger partial charge in [-0.3, -0.25) is 10.1 Å². The first-order valence-corrected chi connectivity index (χ1v) is 6.81. The lowest BCUT2D eigenvalue weighted by atomic mass is 10.1. The number of halogens is 1. The molecule has 0 atom stereocenters. The van der Waals surface area contributed by atoms with Crippen molar-refractivity contribution < 1.29 is 4.79 Å². The van der Waals surface area contributed by atoms with E-state index in [1.54, 1.807) is 6.20 Å². The van der Waals surface area contributed by atoms with Gasteiger partial charge in [0.2, 0.25) is 0 Å². The van der Waals surface area contributed by atoms with Gasteiger partial charge < -0.3 is 0 Å². The Balaban J connectivity index is 2.09. The highest BCUT2D eigenvalue weighted by molar-refractivity contribution is 9.11. The molecule has 0 unspecified atom stereocenters. The summed E-state index contributed by atoms with van der Waals surface area (Å²) in [5.41, 5.74) is 1.87. The molecule has 1 N–H and O–H groups in total. The van der Waals surface area contributed by atoms with Gasteiger partial charge in [-0.25, -0.2) is 4.98 Å². The van der Waals surface area contributed by atoms with Crippen molar-refractivity contribution in [2.75, 3.05) is 5.32 Å². The molecular weight excluding hydrogens is 300 g/mol. The first-order chi connectivity index (χ1) is 8.19. The Kier molecular flexibility index (Phi) is 3.91. The highest BCUT2D eigenvalue weighted by Gasteiger charge is 2.08. The normalized spacial score (nSPS) is 10.2. The summed E-state index contributed by atoms with van der Waals surface area (Å²) in [6, 6.07) is 7.59. The number of nitrogens with zero attached hydrogens (tertiary/aromatic N) is 1. The van der Waals surface area contributed by atoms with E-state index in [1.165, 1.54) is 16.9 Å². The van der Waals surface area contributed by atoms with E-state index < -0.39 is 0 Å². The number of amides is 1. The average Bonchev–Trinajstić information content (AvgIpc) is 2.75. The summed E-state index contributed by atoms with van der Waals surface area (Å²) in [6.07, 6.45) is 2.64. The van der Waals surface area contributed by atoms with Crippen molar-refractivity contribution >= 4 is 38.3 Å². The van der Waals surface area contributed by atoms with Gasteiger partial charge >= 0.3 is 0 Å².